The summed E-state index contributed by atoms with van der Waals surface area (Å²) in [5.74, 6) is 0. The third-order valence-corrected chi connectivity index (χ3v) is 9.36. The lowest BCUT2D eigenvalue weighted by Crippen LogP contribution is -2.06. The summed E-state index contributed by atoms with van der Waals surface area (Å²) in [6.07, 6.45) is 3.45. The highest BCUT2D eigenvalue weighted by atomic mass is 32.2. The number of nitrogens with zero attached hydrogens (tertiary/aromatic N) is 6. The van der Waals surface area contributed by atoms with E-state index in [1.165, 1.54) is 0 Å². The Morgan fingerprint density at radius 2 is 0.654 bits per heavy atom. The Morgan fingerprint density at radius 3 is 1.02 bits per heavy atom. The molecule has 0 aliphatic rings. The summed E-state index contributed by atoms with van der Waals surface area (Å²) in [5.41, 5.74) is 7.59. The Hall–Kier alpha value is -6.50. The fourth-order valence-electron chi connectivity index (χ4n) is 5.08. The van der Waals surface area contributed by atoms with Gasteiger partial charge in [0.15, 0.2) is 0 Å². The molecule has 0 spiro atoms. The molecule has 7 rings (SSSR count). The minimum Gasteiger partial charge on any atom is -0.293 e. The predicted octanol–water partition coefficient (Wildman–Crippen LogP) is 8.89. The van der Waals surface area contributed by atoms with Crippen molar-refractivity contribution in [2.75, 3.05) is 0 Å². The number of hydrogen-bond donors (Lipinski definition) is 4. The predicted molar refractivity (Wildman–Crippen MR) is 210 cm³/mol. The topological polar surface area (TPSA) is 173 Å². The van der Waals surface area contributed by atoms with E-state index in [1.54, 1.807) is 48.8 Å². The second-order valence-corrected chi connectivity index (χ2v) is 13.2. The lowest BCUT2D eigenvalue weighted by atomic mass is 10.1. The molecular formula is C40H28N10S2. The molecule has 250 valence electrons. The van der Waals surface area contributed by atoms with Crippen LogP contribution in [0, 0.1) is 21.6 Å². The number of hydrogen-bond acceptors (Lipinski definition) is 12. The van der Waals surface area contributed by atoms with Crippen molar-refractivity contribution in [3.05, 3.63) is 168 Å². The zero-order valence-electron chi connectivity index (χ0n) is 27.4. The number of thioether (sulfide) groups is 2. The summed E-state index contributed by atoms with van der Waals surface area (Å²) >= 11 is 1.99. The third kappa shape index (κ3) is 7.94. The summed E-state index contributed by atoms with van der Waals surface area (Å²) in [6, 6.07) is 40.4. The standard InChI is InChI=1S/C40H28N10S2/c41-37(51-39(43)35-17-7-15-33(49-35)31-13-5-11-29(47-31)27-9-1-3-23-45-27)25-19-21-26(22-20-25)38(42)52-40(44)36-18-8-16-34(50-36)32-14-6-12-30(48-32)28-10-2-4-24-46-28/h1-24,41-44H. The van der Waals surface area contributed by atoms with Gasteiger partial charge in [0.25, 0.3) is 0 Å². The molecule has 7 aromatic rings. The largest absolute Gasteiger partial charge is 0.293 e. The van der Waals surface area contributed by atoms with Crippen LogP contribution in [-0.2, 0) is 0 Å². The lowest BCUT2D eigenvalue weighted by Gasteiger charge is -2.10. The van der Waals surface area contributed by atoms with Crippen molar-refractivity contribution in [1.29, 1.82) is 21.6 Å². The average molecular weight is 713 g/mol. The molecule has 0 amide bonds. The number of rotatable bonds is 8. The van der Waals surface area contributed by atoms with E-state index in [0.717, 1.165) is 46.3 Å². The van der Waals surface area contributed by atoms with E-state index in [1.807, 2.05) is 97.1 Å². The van der Waals surface area contributed by atoms with E-state index in [9.17, 15) is 0 Å². The summed E-state index contributed by atoms with van der Waals surface area (Å²) in [4.78, 5) is 27.5. The minimum absolute atomic E-state index is 0.127. The molecule has 0 aliphatic carbocycles. The summed E-state index contributed by atoms with van der Waals surface area (Å²) < 4.78 is 0. The van der Waals surface area contributed by atoms with Gasteiger partial charge in [-0.1, -0.05) is 60.7 Å². The normalized spacial score (nSPS) is 10.8. The van der Waals surface area contributed by atoms with Crippen molar-refractivity contribution in [2.24, 2.45) is 0 Å². The average Bonchev–Trinajstić information content (AvgIpc) is 3.21. The molecular weight excluding hydrogens is 685 g/mol. The molecule has 10 nitrogen and oxygen atoms in total. The SMILES string of the molecule is N=C(SC(=N)c1cccc(-c2cccc(-c3ccccn3)n2)n1)c1ccc(C(=N)SC(=N)c2cccc(-c3cccc(-c4ccccn4)n3)n2)cc1. The van der Waals surface area contributed by atoms with E-state index in [0.29, 0.717) is 45.3 Å². The highest BCUT2D eigenvalue weighted by molar-refractivity contribution is 8.27. The molecule has 52 heavy (non-hydrogen) atoms. The molecule has 12 heteroatoms. The van der Waals surface area contributed by atoms with Gasteiger partial charge < -0.3 is 0 Å². The first-order valence-corrected chi connectivity index (χ1v) is 17.6. The minimum atomic E-state index is 0.127. The van der Waals surface area contributed by atoms with Crippen molar-refractivity contribution in [2.45, 2.75) is 0 Å². The molecule has 0 radical (unpaired) electrons. The van der Waals surface area contributed by atoms with Crippen LogP contribution in [0.2, 0.25) is 0 Å². The van der Waals surface area contributed by atoms with Crippen molar-refractivity contribution in [3.63, 3.8) is 0 Å². The highest BCUT2D eigenvalue weighted by Crippen LogP contribution is 2.25. The van der Waals surface area contributed by atoms with Crippen molar-refractivity contribution < 1.29 is 0 Å². The molecule has 1 aromatic carbocycles. The second kappa shape index (κ2) is 15.6. The maximum Gasteiger partial charge on any atom is 0.119 e. The van der Waals surface area contributed by atoms with Gasteiger partial charge in [-0.2, -0.15) is 0 Å². The van der Waals surface area contributed by atoms with Gasteiger partial charge in [0.2, 0.25) is 0 Å². The third-order valence-electron chi connectivity index (χ3n) is 7.66. The number of aromatic nitrogens is 6. The summed E-state index contributed by atoms with van der Waals surface area (Å²) in [7, 11) is 0. The molecule has 0 saturated carbocycles. The van der Waals surface area contributed by atoms with Crippen LogP contribution in [0.15, 0.2) is 146 Å². The molecule has 6 heterocycles. The first-order valence-electron chi connectivity index (χ1n) is 15.9. The zero-order valence-corrected chi connectivity index (χ0v) is 29.0. The van der Waals surface area contributed by atoms with Crippen LogP contribution >= 0.6 is 23.5 Å². The van der Waals surface area contributed by atoms with Gasteiger partial charge in [0, 0.05) is 23.5 Å². The van der Waals surface area contributed by atoms with Crippen LogP contribution in [-0.4, -0.2) is 50.1 Å². The van der Waals surface area contributed by atoms with Crippen molar-refractivity contribution in [3.8, 4) is 45.6 Å². The van der Waals surface area contributed by atoms with Gasteiger partial charge in [-0.25, -0.2) is 19.9 Å². The molecule has 4 N–H and O–H groups in total. The van der Waals surface area contributed by atoms with E-state index in [-0.39, 0.29) is 20.2 Å². The fourth-order valence-corrected chi connectivity index (χ4v) is 6.43. The Morgan fingerprint density at radius 1 is 0.327 bits per heavy atom. The Labute approximate surface area is 308 Å². The second-order valence-electron chi connectivity index (χ2n) is 11.2. The number of nitrogens with one attached hydrogen (secondary N) is 4. The Balaban J connectivity index is 0.981. The number of benzene rings is 1. The number of pyridine rings is 6. The molecule has 0 saturated heterocycles. The lowest BCUT2D eigenvalue weighted by molar-refractivity contribution is 1.21. The van der Waals surface area contributed by atoms with Gasteiger partial charge in [0.1, 0.15) is 20.2 Å². The molecule has 0 bridgehead atoms. The van der Waals surface area contributed by atoms with Crippen LogP contribution in [0.1, 0.15) is 22.5 Å². The maximum atomic E-state index is 8.69. The molecule has 0 fully saturated rings. The highest BCUT2D eigenvalue weighted by Gasteiger charge is 2.15. The van der Waals surface area contributed by atoms with Crippen LogP contribution < -0.4 is 0 Å². The van der Waals surface area contributed by atoms with Gasteiger partial charge in [-0.15, -0.1) is 0 Å². The molecule has 0 atom stereocenters. The van der Waals surface area contributed by atoms with Crippen LogP contribution in [0.4, 0.5) is 0 Å². The van der Waals surface area contributed by atoms with E-state index >= 15 is 0 Å². The van der Waals surface area contributed by atoms with Gasteiger partial charge in [0.05, 0.1) is 56.9 Å². The van der Waals surface area contributed by atoms with Gasteiger partial charge in [-0.05, 0) is 96.3 Å². The van der Waals surface area contributed by atoms with Crippen LogP contribution in [0.5, 0.6) is 0 Å². The van der Waals surface area contributed by atoms with Crippen molar-refractivity contribution in [1.82, 2.24) is 29.9 Å². The Bertz CT molecular complexity index is 2260. The smallest absolute Gasteiger partial charge is 0.119 e. The summed E-state index contributed by atoms with van der Waals surface area (Å²) in [6.45, 7) is 0. The quantitative estimate of drug-likeness (QED) is 0.0893. The Kier molecular flexibility index (Phi) is 10.2. The van der Waals surface area contributed by atoms with Crippen LogP contribution in [0.25, 0.3) is 45.6 Å². The molecule has 0 aliphatic heterocycles. The first kappa shape index (κ1) is 34.0. The van der Waals surface area contributed by atoms with E-state index in [2.05, 4.69) is 19.9 Å². The first-order chi connectivity index (χ1) is 25.4. The van der Waals surface area contributed by atoms with Gasteiger partial charge >= 0.3 is 0 Å². The fraction of sp³-hybridized carbons (Fsp3) is 0. The van der Waals surface area contributed by atoms with E-state index < -0.39 is 0 Å². The van der Waals surface area contributed by atoms with Crippen molar-refractivity contribution >= 4 is 43.7 Å². The monoisotopic (exact) mass is 712 g/mol. The maximum absolute atomic E-state index is 8.69. The summed E-state index contributed by atoms with van der Waals surface area (Å²) in [5, 5.41) is 35.3. The zero-order chi connectivity index (χ0) is 35.9. The van der Waals surface area contributed by atoms with Crippen LogP contribution in [0.3, 0.4) is 0 Å². The van der Waals surface area contributed by atoms with E-state index in [4.69, 9.17) is 31.6 Å². The van der Waals surface area contributed by atoms with Gasteiger partial charge in [-0.3, -0.25) is 31.6 Å². The molecule has 6 aromatic heterocycles. The molecule has 0 unspecified atom stereocenters.